The van der Waals surface area contributed by atoms with E-state index in [2.05, 4.69) is 39.8 Å². The summed E-state index contributed by atoms with van der Waals surface area (Å²) in [6, 6.07) is 10.6. The maximum absolute atomic E-state index is 14.9. The van der Waals surface area contributed by atoms with Crippen molar-refractivity contribution in [2.24, 2.45) is 16.8 Å². The largest absolute Gasteiger partial charge is 0.345 e. The molecule has 3 aromatic rings. The molecule has 5 rings (SSSR count). The maximum atomic E-state index is 14.9. The first-order chi connectivity index (χ1) is 19.2. The van der Waals surface area contributed by atoms with Crippen molar-refractivity contribution in [1.29, 1.82) is 0 Å². The van der Waals surface area contributed by atoms with Crippen molar-refractivity contribution in [3.8, 4) is 0 Å². The Morgan fingerprint density at radius 1 is 1.15 bits per heavy atom. The Hall–Kier alpha value is -4.02. The van der Waals surface area contributed by atoms with Gasteiger partial charge in [-0.15, -0.1) is 10.2 Å². The van der Waals surface area contributed by atoms with Gasteiger partial charge in [-0.2, -0.15) is 5.21 Å². The summed E-state index contributed by atoms with van der Waals surface area (Å²) in [6.45, 7) is 6.47. The molecule has 1 spiro atoms. The topological polar surface area (TPSA) is 116 Å². The van der Waals surface area contributed by atoms with Crippen molar-refractivity contribution < 1.29 is 18.4 Å². The van der Waals surface area contributed by atoms with Gasteiger partial charge in [-0.1, -0.05) is 50.6 Å². The SMILES string of the molecule is CCC[C@H](c1ccc(C(=O)NCc2nn[nH]n2)cc1)N1C(=O)C(c2cccc(F)c2F)=NC12CC(C)CC(C)C2. The van der Waals surface area contributed by atoms with Crippen LogP contribution in [-0.2, 0) is 11.3 Å². The van der Waals surface area contributed by atoms with E-state index in [-0.39, 0.29) is 29.8 Å². The highest BCUT2D eigenvalue weighted by Crippen LogP contribution is 2.48. The molecule has 0 bridgehead atoms. The van der Waals surface area contributed by atoms with E-state index >= 15 is 0 Å². The standard InChI is InChI=1S/C29H33F2N7O2/c1-4-6-23(19-9-11-20(12-10-19)27(39)32-16-24-34-36-37-35-24)38-28(40)26(21-7-5-8-22(30)25(21)31)33-29(38)14-17(2)13-18(3)15-29/h5,7-12,17-18,23H,4,6,13-16H2,1-3H3,(H,32,39)(H,34,35,36,37)/t17?,18?,23-,29?/m1/s1. The molecule has 2 aromatic carbocycles. The number of carbonyl (C=O) groups excluding carboxylic acids is 2. The van der Waals surface area contributed by atoms with Gasteiger partial charge in [0, 0.05) is 11.1 Å². The molecule has 2 N–H and O–H groups in total. The number of nitrogens with one attached hydrogen (secondary N) is 2. The molecule has 9 nitrogen and oxygen atoms in total. The van der Waals surface area contributed by atoms with E-state index in [1.807, 2.05) is 24.0 Å². The van der Waals surface area contributed by atoms with Gasteiger partial charge in [0.25, 0.3) is 11.8 Å². The fourth-order valence-electron chi connectivity index (χ4n) is 6.34. The summed E-state index contributed by atoms with van der Waals surface area (Å²) in [4.78, 5) is 33.6. The van der Waals surface area contributed by atoms with E-state index < -0.39 is 23.2 Å². The Balaban J connectivity index is 1.49. The molecule has 3 atom stereocenters. The van der Waals surface area contributed by atoms with Crippen LogP contribution in [0.15, 0.2) is 47.5 Å². The third-order valence-corrected chi connectivity index (χ3v) is 7.78. The van der Waals surface area contributed by atoms with E-state index in [0.29, 0.717) is 42.5 Å². The smallest absolute Gasteiger partial charge is 0.275 e. The maximum Gasteiger partial charge on any atom is 0.275 e. The van der Waals surface area contributed by atoms with Crippen molar-refractivity contribution in [3.05, 3.63) is 76.6 Å². The molecule has 11 heteroatoms. The molecule has 1 aromatic heterocycles. The van der Waals surface area contributed by atoms with Crippen LogP contribution in [0.4, 0.5) is 8.78 Å². The zero-order valence-corrected chi connectivity index (χ0v) is 22.8. The number of tetrazole rings is 1. The Morgan fingerprint density at radius 2 is 1.88 bits per heavy atom. The summed E-state index contributed by atoms with van der Waals surface area (Å²) in [6.07, 6.45) is 3.72. The van der Waals surface area contributed by atoms with Crippen molar-refractivity contribution in [2.75, 3.05) is 0 Å². The molecule has 40 heavy (non-hydrogen) atoms. The quantitative estimate of drug-likeness (QED) is 0.421. The highest BCUT2D eigenvalue weighted by atomic mass is 19.2. The lowest BCUT2D eigenvalue weighted by Crippen LogP contribution is -2.52. The lowest BCUT2D eigenvalue weighted by atomic mass is 9.75. The summed E-state index contributed by atoms with van der Waals surface area (Å²) in [5, 5.41) is 16.2. The van der Waals surface area contributed by atoms with Crippen LogP contribution < -0.4 is 5.32 Å². The Bertz CT molecular complexity index is 1400. The number of hydrogen-bond acceptors (Lipinski definition) is 6. The van der Waals surface area contributed by atoms with Gasteiger partial charge < -0.3 is 10.2 Å². The van der Waals surface area contributed by atoms with Crippen molar-refractivity contribution >= 4 is 17.5 Å². The van der Waals surface area contributed by atoms with Gasteiger partial charge in [0.2, 0.25) is 0 Å². The molecule has 0 radical (unpaired) electrons. The van der Waals surface area contributed by atoms with Crippen molar-refractivity contribution in [3.63, 3.8) is 0 Å². The molecule has 1 aliphatic carbocycles. The number of aromatic amines is 1. The summed E-state index contributed by atoms with van der Waals surface area (Å²) in [5.74, 6) is -1.80. The zero-order chi connectivity index (χ0) is 28.4. The van der Waals surface area contributed by atoms with Crippen LogP contribution in [0.3, 0.4) is 0 Å². The number of halogens is 2. The average Bonchev–Trinajstić information content (AvgIpc) is 3.53. The van der Waals surface area contributed by atoms with E-state index in [1.54, 1.807) is 12.1 Å². The van der Waals surface area contributed by atoms with Crippen LogP contribution in [0, 0.1) is 23.5 Å². The minimum absolute atomic E-state index is 0.0307. The number of nitrogens with zero attached hydrogens (tertiary/aromatic N) is 5. The van der Waals surface area contributed by atoms with E-state index in [9.17, 15) is 18.4 Å². The van der Waals surface area contributed by atoms with Crippen LogP contribution in [0.2, 0.25) is 0 Å². The Morgan fingerprint density at radius 3 is 2.52 bits per heavy atom. The molecule has 2 amide bonds. The lowest BCUT2D eigenvalue weighted by molar-refractivity contribution is -0.134. The normalized spacial score (nSPS) is 23.4. The molecular weight excluding hydrogens is 516 g/mol. The first-order valence-corrected chi connectivity index (χ1v) is 13.7. The summed E-state index contributed by atoms with van der Waals surface area (Å²) in [5.41, 5.74) is 0.302. The van der Waals surface area contributed by atoms with Crippen LogP contribution in [-0.4, -0.2) is 48.7 Å². The van der Waals surface area contributed by atoms with E-state index in [1.165, 1.54) is 12.1 Å². The lowest BCUT2D eigenvalue weighted by Gasteiger charge is -2.47. The van der Waals surface area contributed by atoms with Gasteiger partial charge in [0.15, 0.2) is 17.5 Å². The molecule has 1 fully saturated rings. The van der Waals surface area contributed by atoms with Crippen LogP contribution in [0.25, 0.3) is 0 Å². The number of hydrogen-bond donors (Lipinski definition) is 2. The van der Waals surface area contributed by atoms with Crippen molar-refractivity contribution in [1.82, 2.24) is 30.8 Å². The number of aromatic nitrogens is 4. The highest BCUT2D eigenvalue weighted by Gasteiger charge is 2.53. The molecule has 2 aliphatic rings. The predicted octanol–water partition coefficient (Wildman–Crippen LogP) is 4.73. The minimum Gasteiger partial charge on any atom is -0.345 e. The molecular formula is C29H33F2N7O2. The summed E-state index contributed by atoms with van der Waals surface area (Å²) < 4.78 is 29.1. The molecule has 0 saturated heterocycles. The Labute approximate surface area is 231 Å². The number of aliphatic imine (C=N–C) groups is 1. The van der Waals surface area contributed by atoms with Crippen LogP contribution in [0.5, 0.6) is 0 Å². The average molecular weight is 550 g/mol. The van der Waals surface area contributed by atoms with Crippen LogP contribution >= 0.6 is 0 Å². The van der Waals surface area contributed by atoms with Gasteiger partial charge >= 0.3 is 0 Å². The second kappa shape index (κ2) is 11.2. The molecule has 1 saturated carbocycles. The Kier molecular flexibility index (Phi) is 7.73. The minimum atomic E-state index is -1.06. The third kappa shape index (κ3) is 5.24. The van der Waals surface area contributed by atoms with Crippen molar-refractivity contribution in [2.45, 2.75) is 71.1 Å². The van der Waals surface area contributed by atoms with Gasteiger partial charge in [0.05, 0.1) is 12.6 Å². The number of rotatable bonds is 8. The summed E-state index contributed by atoms with van der Waals surface area (Å²) >= 11 is 0. The highest BCUT2D eigenvalue weighted by molar-refractivity contribution is 6.46. The second-order valence-electron chi connectivity index (χ2n) is 11.0. The van der Waals surface area contributed by atoms with Gasteiger partial charge in [0.1, 0.15) is 11.4 Å². The second-order valence-corrected chi connectivity index (χ2v) is 11.0. The third-order valence-electron chi connectivity index (χ3n) is 7.78. The van der Waals surface area contributed by atoms with Gasteiger partial charge in [-0.3, -0.25) is 14.6 Å². The molecule has 1 aliphatic heterocycles. The molecule has 2 heterocycles. The summed E-state index contributed by atoms with van der Waals surface area (Å²) in [7, 11) is 0. The molecule has 210 valence electrons. The number of benzene rings is 2. The first-order valence-electron chi connectivity index (χ1n) is 13.7. The number of carbonyl (C=O) groups is 2. The fraction of sp³-hybridized carbons (Fsp3) is 0.448. The zero-order valence-electron chi connectivity index (χ0n) is 22.8. The fourth-order valence-corrected chi connectivity index (χ4v) is 6.34. The van der Waals surface area contributed by atoms with E-state index in [0.717, 1.165) is 24.5 Å². The number of amides is 2. The van der Waals surface area contributed by atoms with Gasteiger partial charge in [-0.25, -0.2) is 8.78 Å². The molecule has 2 unspecified atom stereocenters. The first kappa shape index (κ1) is 27.5. The van der Waals surface area contributed by atoms with E-state index in [4.69, 9.17) is 4.99 Å². The monoisotopic (exact) mass is 549 g/mol. The predicted molar refractivity (Wildman–Crippen MR) is 144 cm³/mol. The van der Waals surface area contributed by atoms with Crippen LogP contribution in [0.1, 0.15) is 86.2 Å². The van der Waals surface area contributed by atoms with Gasteiger partial charge in [-0.05, 0) is 67.3 Å². The number of H-pyrrole nitrogens is 1.